The quantitative estimate of drug-likeness (QED) is 0.834. The Hall–Kier alpha value is -2.61. The van der Waals surface area contributed by atoms with Crippen molar-refractivity contribution >= 4 is 22.6 Å². The Morgan fingerprint density at radius 3 is 2.64 bits per heavy atom. The molecule has 1 aliphatic heterocycles. The summed E-state index contributed by atoms with van der Waals surface area (Å²) in [6.45, 7) is 1.19. The molecule has 2 heterocycles. The molecule has 1 aromatic heterocycles. The van der Waals surface area contributed by atoms with Gasteiger partial charge in [0, 0.05) is 36.8 Å². The van der Waals surface area contributed by atoms with Gasteiger partial charge in [-0.2, -0.15) is 0 Å². The summed E-state index contributed by atoms with van der Waals surface area (Å²) in [5.74, 6) is -1.62. The highest BCUT2D eigenvalue weighted by atomic mass is 19.1. The fourth-order valence-electron chi connectivity index (χ4n) is 4.58. The number of benzene rings is 1. The van der Waals surface area contributed by atoms with Crippen molar-refractivity contribution in [3.8, 4) is 5.75 Å². The highest BCUT2D eigenvalue weighted by molar-refractivity contribution is 5.97. The van der Waals surface area contributed by atoms with E-state index in [9.17, 15) is 14.7 Å². The van der Waals surface area contributed by atoms with Crippen LogP contribution < -0.4 is 20.8 Å². The molecule has 2 aromatic rings. The summed E-state index contributed by atoms with van der Waals surface area (Å²) < 4.78 is 22.6. The van der Waals surface area contributed by atoms with E-state index in [1.807, 2.05) is 4.90 Å². The Labute approximate surface area is 160 Å². The number of hydrogen-bond donors (Lipinski definition) is 2. The molecule has 7 nitrogen and oxygen atoms in total. The van der Waals surface area contributed by atoms with Crippen molar-refractivity contribution in [2.75, 3.05) is 25.1 Å². The minimum Gasteiger partial charge on any atom is -0.492 e. The van der Waals surface area contributed by atoms with Crippen LogP contribution in [0, 0.1) is 11.2 Å². The van der Waals surface area contributed by atoms with Gasteiger partial charge < -0.3 is 25.0 Å². The first-order valence-electron chi connectivity index (χ1n) is 9.55. The van der Waals surface area contributed by atoms with Gasteiger partial charge in [-0.05, 0) is 31.7 Å². The molecule has 0 bridgehead atoms. The molecule has 1 saturated heterocycles. The van der Waals surface area contributed by atoms with Crippen molar-refractivity contribution in [2.45, 2.75) is 37.8 Å². The standard InChI is InChI=1S/C20H22FN3O4/c1-28-18-15-11(17(25)12(19(26)27)7-24(15)10-2-3-10)6-13(21)16(18)23-8-14(22)20(9-23)4-5-20/h6-7,10,14H,2-5,8-9,22H2,1H3,(H,26,27). The van der Waals surface area contributed by atoms with Gasteiger partial charge in [-0.3, -0.25) is 4.79 Å². The van der Waals surface area contributed by atoms with Crippen LogP contribution in [0.4, 0.5) is 10.1 Å². The van der Waals surface area contributed by atoms with Gasteiger partial charge in [0.1, 0.15) is 11.3 Å². The van der Waals surface area contributed by atoms with Crippen LogP contribution in [0.25, 0.3) is 10.9 Å². The summed E-state index contributed by atoms with van der Waals surface area (Å²) >= 11 is 0. The summed E-state index contributed by atoms with van der Waals surface area (Å²) in [6.07, 6.45) is 5.20. The van der Waals surface area contributed by atoms with Crippen LogP contribution in [-0.2, 0) is 0 Å². The number of nitrogens with zero attached hydrogens (tertiary/aromatic N) is 2. The number of ether oxygens (including phenoxy) is 1. The van der Waals surface area contributed by atoms with E-state index in [1.165, 1.54) is 13.3 Å². The lowest BCUT2D eigenvalue weighted by Crippen LogP contribution is -2.30. The van der Waals surface area contributed by atoms with Crippen molar-refractivity contribution in [3.05, 3.63) is 33.9 Å². The Bertz CT molecular complexity index is 1070. The third kappa shape index (κ3) is 2.37. The van der Waals surface area contributed by atoms with E-state index in [0.29, 0.717) is 24.3 Å². The van der Waals surface area contributed by atoms with Gasteiger partial charge in [0.2, 0.25) is 5.43 Å². The molecule has 2 aliphatic carbocycles. The van der Waals surface area contributed by atoms with E-state index in [1.54, 1.807) is 4.57 Å². The number of fused-ring (bicyclic) bond motifs is 1. The predicted molar refractivity (Wildman–Crippen MR) is 102 cm³/mol. The minimum absolute atomic E-state index is 0.0210. The van der Waals surface area contributed by atoms with Crippen LogP contribution in [0.15, 0.2) is 17.1 Å². The zero-order valence-electron chi connectivity index (χ0n) is 15.6. The molecule has 0 amide bonds. The number of carboxylic acid groups (broad SMARTS) is 1. The van der Waals surface area contributed by atoms with E-state index in [4.69, 9.17) is 10.5 Å². The van der Waals surface area contributed by atoms with Crippen LogP contribution in [0.5, 0.6) is 5.75 Å². The Morgan fingerprint density at radius 1 is 1.39 bits per heavy atom. The highest BCUT2D eigenvalue weighted by Crippen LogP contribution is 2.54. The first-order chi connectivity index (χ1) is 13.4. The fraction of sp³-hybridized carbons (Fsp3) is 0.500. The second-order valence-corrected chi connectivity index (χ2v) is 8.30. The Balaban J connectivity index is 1.78. The predicted octanol–water partition coefficient (Wildman–Crippen LogP) is 2.11. The molecule has 8 heteroatoms. The maximum absolute atomic E-state index is 15.2. The first kappa shape index (κ1) is 17.5. The van der Waals surface area contributed by atoms with Crippen LogP contribution in [0.3, 0.4) is 0 Å². The molecule has 1 aromatic carbocycles. The summed E-state index contributed by atoms with van der Waals surface area (Å²) in [5.41, 5.74) is 6.07. The molecule has 0 radical (unpaired) electrons. The van der Waals surface area contributed by atoms with E-state index in [-0.39, 0.29) is 34.2 Å². The number of aromatic carboxylic acids is 1. The van der Waals surface area contributed by atoms with Gasteiger partial charge in [-0.1, -0.05) is 0 Å². The average molecular weight is 387 g/mol. The van der Waals surface area contributed by atoms with Gasteiger partial charge in [0.05, 0.1) is 18.0 Å². The van der Waals surface area contributed by atoms with Crippen molar-refractivity contribution < 1.29 is 19.0 Å². The van der Waals surface area contributed by atoms with Gasteiger partial charge in [-0.15, -0.1) is 0 Å². The first-order valence-corrected chi connectivity index (χ1v) is 9.55. The number of carboxylic acids is 1. The monoisotopic (exact) mass is 387 g/mol. The zero-order valence-corrected chi connectivity index (χ0v) is 15.6. The number of halogens is 1. The zero-order chi connectivity index (χ0) is 19.8. The molecule has 3 aliphatic rings. The SMILES string of the molecule is COc1c(N2CC(N)C3(CC3)C2)c(F)cc2c(=O)c(C(=O)O)cn(C3CC3)c12. The molecule has 3 fully saturated rings. The number of methoxy groups -OCH3 is 1. The van der Waals surface area contributed by atoms with E-state index in [2.05, 4.69) is 0 Å². The van der Waals surface area contributed by atoms with E-state index < -0.39 is 17.2 Å². The molecule has 3 N–H and O–H groups in total. The van der Waals surface area contributed by atoms with Crippen LogP contribution in [0.2, 0.25) is 0 Å². The summed E-state index contributed by atoms with van der Waals surface area (Å²) in [4.78, 5) is 26.2. The minimum atomic E-state index is -1.31. The lowest BCUT2D eigenvalue weighted by atomic mass is 10.0. The van der Waals surface area contributed by atoms with Crippen molar-refractivity contribution in [1.82, 2.24) is 4.57 Å². The normalized spacial score (nSPS) is 22.8. The van der Waals surface area contributed by atoms with Crippen molar-refractivity contribution in [3.63, 3.8) is 0 Å². The van der Waals surface area contributed by atoms with Gasteiger partial charge >= 0.3 is 5.97 Å². The Kier molecular flexibility index (Phi) is 3.56. The molecular formula is C20H22FN3O4. The average Bonchev–Trinajstić information content (AvgIpc) is 3.55. The Morgan fingerprint density at radius 2 is 2.11 bits per heavy atom. The van der Waals surface area contributed by atoms with E-state index >= 15 is 4.39 Å². The van der Waals surface area contributed by atoms with Crippen molar-refractivity contribution in [2.24, 2.45) is 11.1 Å². The number of rotatable bonds is 4. The van der Waals surface area contributed by atoms with Gasteiger partial charge in [-0.25, -0.2) is 9.18 Å². The van der Waals surface area contributed by atoms with Gasteiger partial charge in [0.25, 0.3) is 0 Å². The lowest BCUT2D eigenvalue weighted by Gasteiger charge is -2.24. The summed E-state index contributed by atoms with van der Waals surface area (Å²) in [5, 5.41) is 9.44. The largest absolute Gasteiger partial charge is 0.492 e. The second kappa shape index (κ2) is 5.70. The summed E-state index contributed by atoms with van der Waals surface area (Å²) in [6, 6.07) is 1.22. The topological polar surface area (TPSA) is 97.8 Å². The third-order valence-corrected chi connectivity index (χ3v) is 6.49. The fourth-order valence-corrected chi connectivity index (χ4v) is 4.58. The number of anilines is 1. The molecule has 5 rings (SSSR count). The van der Waals surface area contributed by atoms with E-state index in [0.717, 1.165) is 31.7 Å². The lowest BCUT2D eigenvalue weighted by molar-refractivity contribution is 0.0695. The van der Waals surface area contributed by atoms with Gasteiger partial charge in [0.15, 0.2) is 11.6 Å². The second-order valence-electron chi connectivity index (χ2n) is 8.30. The third-order valence-electron chi connectivity index (χ3n) is 6.49. The van der Waals surface area contributed by atoms with Crippen LogP contribution in [-0.4, -0.2) is 41.9 Å². The van der Waals surface area contributed by atoms with Crippen LogP contribution >= 0.6 is 0 Å². The number of nitrogens with two attached hydrogens (primary N) is 1. The number of hydrogen-bond acceptors (Lipinski definition) is 5. The summed E-state index contributed by atoms with van der Waals surface area (Å²) in [7, 11) is 1.45. The molecule has 1 spiro atoms. The molecule has 1 atom stereocenters. The highest BCUT2D eigenvalue weighted by Gasteiger charge is 2.54. The molecule has 148 valence electrons. The maximum Gasteiger partial charge on any atom is 0.341 e. The maximum atomic E-state index is 15.2. The molecule has 2 saturated carbocycles. The van der Waals surface area contributed by atoms with Crippen LogP contribution in [0.1, 0.15) is 42.1 Å². The molecular weight excluding hydrogens is 365 g/mol. The molecule has 1 unspecified atom stereocenters. The number of aromatic nitrogens is 1. The van der Waals surface area contributed by atoms with Crippen molar-refractivity contribution in [1.29, 1.82) is 0 Å². The molecule has 28 heavy (non-hydrogen) atoms. The number of pyridine rings is 1. The number of carbonyl (C=O) groups is 1. The smallest absolute Gasteiger partial charge is 0.341 e.